The van der Waals surface area contributed by atoms with Crippen LogP contribution in [0.25, 0.3) is 0 Å². The number of ether oxygens (including phenoxy) is 1. The Bertz CT molecular complexity index is 631. The first-order valence-corrected chi connectivity index (χ1v) is 9.60. The van der Waals surface area contributed by atoms with Gasteiger partial charge in [-0.15, -0.1) is 11.3 Å². The second-order valence-corrected chi connectivity index (χ2v) is 8.30. The Morgan fingerprint density at radius 2 is 1.81 bits per heavy atom. The number of carbonyl (C=O) groups excluding carboxylic acids is 3. The van der Waals surface area contributed by atoms with Crippen LogP contribution in [-0.4, -0.2) is 59.5 Å². The molecule has 0 saturated carbocycles. The molecule has 26 heavy (non-hydrogen) atoms. The average molecular weight is 381 g/mol. The van der Waals surface area contributed by atoms with Gasteiger partial charge >= 0.3 is 6.09 Å². The standard InChI is InChI=1S/C18H27N3O4S/c1-13(22)19-14(15-6-5-11-26-15)12-16(23)20-7-9-21(10-8-20)17(24)25-18(2,3)4/h5-6,11,14H,7-10,12H2,1-4H3,(H,19,22). The number of nitrogens with zero attached hydrogens (tertiary/aromatic N) is 2. The molecule has 0 aromatic carbocycles. The summed E-state index contributed by atoms with van der Waals surface area (Å²) in [7, 11) is 0. The third-order valence-corrected chi connectivity index (χ3v) is 4.91. The molecule has 1 unspecified atom stereocenters. The van der Waals surface area contributed by atoms with Gasteiger partial charge in [-0.05, 0) is 32.2 Å². The highest BCUT2D eigenvalue weighted by atomic mass is 32.1. The van der Waals surface area contributed by atoms with Crippen molar-refractivity contribution < 1.29 is 19.1 Å². The van der Waals surface area contributed by atoms with Crippen LogP contribution in [0, 0.1) is 0 Å². The number of nitrogens with one attached hydrogen (secondary N) is 1. The van der Waals surface area contributed by atoms with Crippen molar-refractivity contribution in [2.45, 2.75) is 45.8 Å². The molecule has 7 nitrogen and oxygen atoms in total. The molecule has 1 aromatic rings. The highest BCUT2D eigenvalue weighted by Gasteiger charge is 2.29. The molecule has 1 saturated heterocycles. The number of hydrogen-bond acceptors (Lipinski definition) is 5. The number of amides is 3. The van der Waals surface area contributed by atoms with E-state index >= 15 is 0 Å². The van der Waals surface area contributed by atoms with Crippen LogP contribution in [0.2, 0.25) is 0 Å². The number of piperazine rings is 1. The topological polar surface area (TPSA) is 79.0 Å². The fourth-order valence-corrected chi connectivity index (χ4v) is 3.50. The Labute approximate surface area is 158 Å². The third-order valence-electron chi connectivity index (χ3n) is 3.93. The third kappa shape index (κ3) is 6.01. The molecule has 8 heteroatoms. The molecule has 1 aromatic heterocycles. The summed E-state index contributed by atoms with van der Waals surface area (Å²) in [5.74, 6) is -0.188. The predicted molar refractivity (Wildman–Crippen MR) is 99.9 cm³/mol. The van der Waals surface area contributed by atoms with Crippen molar-refractivity contribution in [1.29, 1.82) is 0 Å². The second kappa shape index (κ2) is 8.53. The molecule has 0 spiro atoms. The Hall–Kier alpha value is -2.09. The summed E-state index contributed by atoms with van der Waals surface area (Å²) < 4.78 is 5.37. The molecule has 1 aliphatic rings. The van der Waals surface area contributed by atoms with E-state index in [4.69, 9.17) is 4.74 Å². The molecule has 1 atom stereocenters. The van der Waals surface area contributed by atoms with E-state index in [1.54, 1.807) is 9.80 Å². The van der Waals surface area contributed by atoms with Crippen molar-refractivity contribution in [2.24, 2.45) is 0 Å². The summed E-state index contributed by atoms with van der Waals surface area (Å²) >= 11 is 1.52. The van der Waals surface area contributed by atoms with Gasteiger partial charge in [-0.2, -0.15) is 0 Å². The first-order chi connectivity index (χ1) is 12.2. The van der Waals surface area contributed by atoms with Crippen LogP contribution in [0.5, 0.6) is 0 Å². The molecule has 2 rings (SSSR count). The van der Waals surface area contributed by atoms with E-state index < -0.39 is 5.60 Å². The molecule has 3 amide bonds. The normalized spacial score (nSPS) is 16.2. The molecule has 1 N–H and O–H groups in total. The van der Waals surface area contributed by atoms with Gasteiger partial charge in [0.25, 0.3) is 0 Å². The summed E-state index contributed by atoms with van der Waals surface area (Å²) in [5.41, 5.74) is -0.531. The van der Waals surface area contributed by atoms with Crippen molar-refractivity contribution in [3.05, 3.63) is 22.4 Å². The smallest absolute Gasteiger partial charge is 0.410 e. The maximum absolute atomic E-state index is 12.6. The number of thiophene rings is 1. The lowest BCUT2D eigenvalue weighted by Crippen LogP contribution is -2.52. The molecule has 0 aliphatic carbocycles. The van der Waals surface area contributed by atoms with Crippen molar-refractivity contribution in [3.8, 4) is 0 Å². The van der Waals surface area contributed by atoms with Crippen LogP contribution < -0.4 is 5.32 Å². The molecule has 144 valence electrons. The zero-order chi connectivity index (χ0) is 19.3. The van der Waals surface area contributed by atoms with Gasteiger partial charge in [0.1, 0.15) is 5.60 Å². The summed E-state index contributed by atoms with van der Waals surface area (Å²) in [6, 6.07) is 3.50. The van der Waals surface area contributed by atoms with Crippen molar-refractivity contribution in [3.63, 3.8) is 0 Å². The van der Waals surface area contributed by atoms with Crippen LogP contribution in [0.4, 0.5) is 4.79 Å². The van der Waals surface area contributed by atoms with E-state index in [2.05, 4.69) is 5.32 Å². The van der Waals surface area contributed by atoms with Gasteiger partial charge in [-0.3, -0.25) is 9.59 Å². The fourth-order valence-electron chi connectivity index (χ4n) is 2.73. The highest BCUT2D eigenvalue weighted by Crippen LogP contribution is 2.23. The van der Waals surface area contributed by atoms with Crippen LogP contribution in [0.1, 0.15) is 45.0 Å². The first kappa shape index (κ1) is 20.2. The number of hydrogen-bond donors (Lipinski definition) is 1. The Kier molecular flexibility index (Phi) is 6.63. The van der Waals surface area contributed by atoms with Gasteiger partial charge in [0.15, 0.2) is 0 Å². The van der Waals surface area contributed by atoms with Crippen molar-refractivity contribution in [2.75, 3.05) is 26.2 Å². The first-order valence-electron chi connectivity index (χ1n) is 8.72. The van der Waals surface area contributed by atoms with Gasteiger partial charge in [0.2, 0.25) is 11.8 Å². The molecular weight excluding hydrogens is 354 g/mol. The minimum Gasteiger partial charge on any atom is -0.444 e. The SMILES string of the molecule is CC(=O)NC(CC(=O)N1CCN(C(=O)OC(C)(C)C)CC1)c1cccs1. The van der Waals surface area contributed by atoms with Gasteiger partial charge in [-0.1, -0.05) is 6.07 Å². The monoisotopic (exact) mass is 381 g/mol. The van der Waals surface area contributed by atoms with E-state index in [1.165, 1.54) is 18.3 Å². The quantitative estimate of drug-likeness (QED) is 0.869. The Balaban J connectivity index is 1.89. The minimum absolute atomic E-state index is 0.0269. The van der Waals surface area contributed by atoms with E-state index in [0.29, 0.717) is 26.2 Å². The van der Waals surface area contributed by atoms with Crippen molar-refractivity contribution >= 4 is 29.2 Å². The van der Waals surface area contributed by atoms with Gasteiger partial charge in [-0.25, -0.2) is 4.79 Å². The Morgan fingerprint density at radius 3 is 2.31 bits per heavy atom. The number of rotatable bonds is 4. The summed E-state index contributed by atoms with van der Waals surface area (Å²) in [4.78, 5) is 40.5. The van der Waals surface area contributed by atoms with Gasteiger partial charge in [0, 0.05) is 38.0 Å². The van der Waals surface area contributed by atoms with Crippen LogP contribution in [0.3, 0.4) is 0 Å². The van der Waals surface area contributed by atoms with Gasteiger partial charge < -0.3 is 19.9 Å². The van der Waals surface area contributed by atoms with Crippen LogP contribution >= 0.6 is 11.3 Å². The maximum Gasteiger partial charge on any atom is 0.410 e. The lowest BCUT2D eigenvalue weighted by atomic mass is 10.1. The molecule has 1 fully saturated rings. The van der Waals surface area contributed by atoms with E-state index in [9.17, 15) is 14.4 Å². The second-order valence-electron chi connectivity index (χ2n) is 7.32. The Morgan fingerprint density at radius 1 is 1.19 bits per heavy atom. The van der Waals surface area contributed by atoms with Crippen LogP contribution in [0.15, 0.2) is 17.5 Å². The lowest BCUT2D eigenvalue weighted by molar-refractivity contribution is -0.133. The van der Waals surface area contributed by atoms with Gasteiger partial charge in [0.05, 0.1) is 12.5 Å². The predicted octanol–water partition coefficient (Wildman–Crippen LogP) is 2.39. The molecular formula is C18H27N3O4S. The molecule has 0 bridgehead atoms. The molecule has 2 heterocycles. The average Bonchev–Trinajstić information content (AvgIpc) is 3.06. The maximum atomic E-state index is 12.6. The largest absolute Gasteiger partial charge is 0.444 e. The summed E-state index contributed by atoms with van der Waals surface area (Å²) in [6.07, 6.45) is -0.133. The summed E-state index contributed by atoms with van der Waals surface area (Å²) in [5, 5.41) is 4.77. The zero-order valence-corrected chi connectivity index (χ0v) is 16.6. The summed E-state index contributed by atoms with van der Waals surface area (Å²) in [6.45, 7) is 8.77. The highest BCUT2D eigenvalue weighted by molar-refractivity contribution is 7.10. The molecule has 0 radical (unpaired) electrons. The minimum atomic E-state index is -0.531. The lowest BCUT2D eigenvalue weighted by Gasteiger charge is -2.36. The van der Waals surface area contributed by atoms with Crippen molar-refractivity contribution in [1.82, 2.24) is 15.1 Å². The number of carbonyl (C=O) groups is 3. The van der Waals surface area contributed by atoms with E-state index in [0.717, 1.165) is 4.88 Å². The molecule has 1 aliphatic heterocycles. The zero-order valence-electron chi connectivity index (χ0n) is 15.8. The van der Waals surface area contributed by atoms with Crippen LogP contribution in [-0.2, 0) is 14.3 Å². The van der Waals surface area contributed by atoms with E-state index in [1.807, 2.05) is 38.3 Å². The fraction of sp³-hybridized carbons (Fsp3) is 0.611. The van der Waals surface area contributed by atoms with E-state index in [-0.39, 0.29) is 30.4 Å².